The minimum Gasteiger partial charge on any atom is -0.404 e. The molecule has 2 amide bonds. The van der Waals surface area contributed by atoms with Crippen molar-refractivity contribution < 1.29 is 9.59 Å². The summed E-state index contributed by atoms with van der Waals surface area (Å²) in [7, 11) is 1.65. The number of nitrogens with two attached hydrogens (primary N) is 2. The van der Waals surface area contributed by atoms with Crippen LogP contribution in [0, 0.1) is 6.92 Å². The number of likely N-dealkylation sites (N-methyl/N-ethyl adjacent to an activating group) is 1. The predicted molar refractivity (Wildman–Crippen MR) is 149 cm³/mol. The average molecular weight is 528 g/mol. The minimum absolute atomic E-state index is 0.0540. The van der Waals surface area contributed by atoms with Crippen LogP contribution < -0.4 is 21.7 Å². The normalized spacial score (nSPS) is 15.2. The van der Waals surface area contributed by atoms with Crippen molar-refractivity contribution >= 4 is 52.5 Å². The van der Waals surface area contributed by atoms with Gasteiger partial charge in [-0.2, -0.15) is 4.98 Å². The van der Waals surface area contributed by atoms with Gasteiger partial charge in [0.05, 0.1) is 23.2 Å². The molecule has 0 aromatic carbocycles. The Morgan fingerprint density at radius 3 is 2.65 bits per heavy atom. The number of halogens is 1. The second kappa shape index (κ2) is 12.0. The van der Waals surface area contributed by atoms with Crippen LogP contribution in [0.3, 0.4) is 0 Å². The fourth-order valence-corrected chi connectivity index (χ4v) is 4.37. The SMILES string of the molecule is CCN(CC)CCNC(=O)c1c[nH]c(/C=C2\C(=O)N(C/C(=C/N)C(C)=NC)c3nc(N)nc(Cl)c32)c1C. The summed E-state index contributed by atoms with van der Waals surface area (Å²) in [6.07, 6.45) is 4.69. The first kappa shape index (κ1) is 27.9. The molecule has 0 saturated heterocycles. The van der Waals surface area contributed by atoms with E-state index in [2.05, 4.69) is 44.0 Å². The van der Waals surface area contributed by atoms with Crippen LogP contribution in [-0.4, -0.2) is 77.1 Å². The number of amides is 2. The standard InChI is InChI=1S/C25H34ClN9O2/c1-6-34(7-2)9-8-30-23(36)18-12-31-19(14(18)3)10-17-20-21(26)32-25(28)33-22(20)35(24(17)37)13-16(11-27)15(4)29-5/h10-12,31H,6-9,13,27H2,1-5H3,(H,30,36)(H2,28,32,33)/b16-11-,17-10-,29-15?. The van der Waals surface area contributed by atoms with Crippen molar-refractivity contribution in [2.45, 2.75) is 27.7 Å². The van der Waals surface area contributed by atoms with E-state index < -0.39 is 0 Å². The van der Waals surface area contributed by atoms with Crippen molar-refractivity contribution in [2.24, 2.45) is 10.7 Å². The summed E-state index contributed by atoms with van der Waals surface area (Å²) in [6, 6.07) is 0. The third-order valence-corrected chi connectivity index (χ3v) is 6.79. The van der Waals surface area contributed by atoms with Gasteiger partial charge in [0.25, 0.3) is 11.8 Å². The van der Waals surface area contributed by atoms with Gasteiger partial charge in [-0.05, 0) is 38.6 Å². The summed E-state index contributed by atoms with van der Waals surface area (Å²) >= 11 is 6.44. The van der Waals surface area contributed by atoms with Crippen LogP contribution in [0.4, 0.5) is 11.8 Å². The van der Waals surface area contributed by atoms with Gasteiger partial charge < -0.3 is 26.7 Å². The van der Waals surface area contributed by atoms with E-state index in [9.17, 15) is 9.59 Å². The number of H-pyrrole nitrogens is 1. The molecule has 198 valence electrons. The van der Waals surface area contributed by atoms with E-state index in [1.165, 1.54) is 11.1 Å². The summed E-state index contributed by atoms with van der Waals surface area (Å²) in [6.45, 7) is 11.1. The number of aromatic amines is 1. The lowest BCUT2D eigenvalue weighted by Crippen LogP contribution is -2.34. The fraction of sp³-hybridized carbons (Fsp3) is 0.400. The van der Waals surface area contributed by atoms with Crippen molar-refractivity contribution in [3.05, 3.63) is 45.5 Å². The summed E-state index contributed by atoms with van der Waals surface area (Å²) in [5.74, 6) is -0.303. The molecule has 0 aliphatic carbocycles. The third kappa shape index (κ3) is 5.83. The van der Waals surface area contributed by atoms with Crippen LogP contribution >= 0.6 is 11.6 Å². The third-order valence-electron chi connectivity index (χ3n) is 6.51. The second-order valence-corrected chi connectivity index (χ2v) is 8.90. The number of fused-ring (bicyclic) bond motifs is 1. The number of anilines is 2. The summed E-state index contributed by atoms with van der Waals surface area (Å²) in [4.78, 5) is 45.7. The van der Waals surface area contributed by atoms with Gasteiger partial charge >= 0.3 is 0 Å². The molecule has 3 heterocycles. The molecule has 0 spiro atoms. The van der Waals surface area contributed by atoms with Gasteiger partial charge in [-0.15, -0.1) is 0 Å². The van der Waals surface area contributed by atoms with Gasteiger partial charge in [-0.25, -0.2) is 4.98 Å². The van der Waals surface area contributed by atoms with Crippen molar-refractivity contribution in [3.8, 4) is 0 Å². The highest BCUT2D eigenvalue weighted by Crippen LogP contribution is 2.41. The van der Waals surface area contributed by atoms with E-state index in [1.54, 1.807) is 26.2 Å². The first-order valence-electron chi connectivity index (χ1n) is 12.1. The lowest BCUT2D eigenvalue weighted by Gasteiger charge is -2.18. The summed E-state index contributed by atoms with van der Waals surface area (Å²) in [5, 5.41) is 3.01. The number of carbonyl (C=O) groups excluding carboxylic acids is 2. The molecule has 0 fully saturated rings. The van der Waals surface area contributed by atoms with Gasteiger partial charge in [0.15, 0.2) is 5.82 Å². The molecule has 1 aliphatic rings. The molecule has 3 rings (SSSR count). The Balaban J connectivity index is 1.94. The number of rotatable bonds is 10. The van der Waals surface area contributed by atoms with Crippen LogP contribution in [0.1, 0.15) is 48.0 Å². The zero-order valence-corrected chi connectivity index (χ0v) is 22.6. The molecule has 11 nitrogen and oxygen atoms in total. The molecule has 1 aliphatic heterocycles. The molecule has 0 saturated carbocycles. The monoisotopic (exact) mass is 527 g/mol. The van der Waals surface area contributed by atoms with Crippen molar-refractivity contribution in [1.29, 1.82) is 0 Å². The van der Waals surface area contributed by atoms with Crippen LogP contribution in [0.2, 0.25) is 5.15 Å². The van der Waals surface area contributed by atoms with E-state index in [0.717, 1.165) is 19.6 Å². The second-order valence-electron chi connectivity index (χ2n) is 8.55. The fourth-order valence-electron chi connectivity index (χ4n) is 4.10. The van der Waals surface area contributed by atoms with Crippen molar-refractivity contribution in [2.75, 3.05) is 50.4 Å². The predicted octanol–water partition coefficient (Wildman–Crippen LogP) is 2.24. The highest BCUT2D eigenvalue weighted by molar-refractivity contribution is 6.41. The van der Waals surface area contributed by atoms with Crippen molar-refractivity contribution in [1.82, 2.24) is 25.2 Å². The van der Waals surface area contributed by atoms with Gasteiger partial charge in [-0.1, -0.05) is 25.4 Å². The number of carbonyl (C=O) groups is 2. The van der Waals surface area contributed by atoms with Crippen LogP contribution in [0.5, 0.6) is 0 Å². The number of nitrogen functional groups attached to an aromatic ring is 1. The van der Waals surface area contributed by atoms with E-state index in [1.807, 2.05) is 6.92 Å². The lowest BCUT2D eigenvalue weighted by atomic mass is 10.1. The quantitative estimate of drug-likeness (QED) is 0.209. The molecule has 2 aromatic heterocycles. The van der Waals surface area contributed by atoms with E-state index in [-0.39, 0.29) is 40.9 Å². The van der Waals surface area contributed by atoms with Gasteiger partial charge in [0.2, 0.25) is 5.95 Å². The maximum Gasteiger partial charge on any atom is 0.260 e. The first-order valence-corrected chi connectivity index (χ1v) is 12.4. The largest absolute Gasteiger partial charge is 0.404 e. The number of aliphatic imine (C=N–C) groups is 1. The molecule has 6 N–H and O–H groups in total. The number of nitrogens with one attached hydrogen (secondary N) is 2. The minimum atomic E-state index is -0.348. The maximum atomic E-state index is 13.6. The zero-order chi connectivity index (χ0) is 27.3. The van der Waals surface area contributed by atoms with Crippen LogP contribution in [-0.2, 0) is 4.79 Å². The number of hydrogen-bond donors (Lipinski definition) is 4. The number of hydrogen-bond acceptors (Lipinski definition) is 8. The topological polar surface area (TPSA) is 159 Å². The van der Waals surface area contributed by atoms with E-state index >= 15 is 0 Å². The molecule has 0 radical (unpaired) electrons. The maximum absolute atomic E-state index is 13.6. The molecule has 12 heteroatoms. The van der Waals surface area contributed by atoms with E-state index in [0.29, 0.717) is 40.2 Å². The van der Waals surface area contributed by atoms with Crippen molar-refractivity contribution in [3.63, 3.8) is 0 Å². The number of aromatic nitrogens is 3. The average Bonchev–Trinajstić information content (AvgIpc) is 3.36. The Hall–Kier alpha value is -3.70. The molecule has 0 unspecified atom stereocenters. The molecule has 2 aromatic rings. The zero-order valence-electron chi connectivity index (χ0n) is 21.9. The molecular formula is C25H34ClN9O2. The Morgan fingerprint density at radius 2 is 2.03 bits per heavy atom. The highest BCUT2D eigenvalue weighted by atomic mass is 35.5. The van der Waals surface area contributed by atoms with Gasteiger partial charge in [-0.3, -0.25) is 19.5 Å². The Labute approximate surface area is 221 Å². The van der Waals surface area contributed by atoms with Gasteiger partial charge in [0, 0.05) is 49.5 Å². The lowest BCUT2D eigenvalue weighted by molar-refractivity contribution is -0.112. The Bertz CT molecular complexity index is 1280. The van der Waals surface area contributed by atoms with E-state index in [4.69, 9.17) is 23.1 Å². The molecule has 0 atom stereocenters. The first-order chi connectivity index (χ1) is 17.7. The molecular weight excluding hydrogens is 494 g/mol. The summed E-state index contributed by atoms with van der Waals surface area (Å²) in [5.41, 5.74) is 15.4. The smallest absolute Gasteiger partial charge is 0.260 e. The van der Waals surface area contributed by atoms with Crippen LogP contribution in [0.25, 0.3) is 11.6 Å². The Morgan fingerprint density at radius 1 is 1.32 bits per heavy atom. The molecule has 37 heavy (non-hydrogen) atoms. The molecule has 0 bridgehead atoms. The van der Waals surface area contributed by atoms with Crippen LogP contribution in [0.15, 0.2) is 23.0 Å². The van der Waals surface area contributed by atoms with Gasteiger partial charge in [0.1, 0.15) is 5.15 Å². The Kier molecular flexibility index (Phi) is 9.06. The number of nitrogens with zero attached hydrogens (tertiary/aromatic N) is 5. The summed E-state index contributed by atoms with van der Waals surface area (Å²) < 4.78 is 0. The highest BCUT2D eigenvalue weighted by Gasteiger charge is 2.37.